The third kappa shape index (κ3) is 5.47. The number of thiazole rings is 1. The van der Waals surface area contributed by atoms with Crippen molar-refractivity contribution in [2.45, 2.75) is 44.0 Å². The van der Waals surface area contributed by atoms with Gasteiger partial charge in [0.2, 0.25) is 15.9 Å². The molecule has 1 fully saturated rings. The normalized spacial score (nSPS) is 14.1. The molecule has 0 unspecified atom stereocenters. The molecule has 0 saturated heterocycles. The number of carbonyl (C=O) groups is 1. The van der Waals surface area contributed by atoms with Crippen molar-refractivity contribution in [3.05, 3.63) is 47.9 Å². The van der Waals surface area contributed by atoms with Crippen molar-refractivity contribution in [2.24, 2.45) is 0 Å². The lowest BCUT2D eigenvalue weighted by atomic mass is 9.89. The molecule has 4 rings (SSSR count). The molecule has 1 aliphatic rings. The highest BCUT2D eigenvalue weighted by Gasteiger charge is 2.37. The Balaban J connectivity index is 1.43. The molecule has 0 bridgehead atoms. The van der Waals surface area contributed by atoms with Gasteiger partial charge in [0, 0.05) is 28.9 Å². The molecule has 13 heteroatoms. The molecule has 1 saturated carbocycles. The number of amides is 1. The van der Waals surface area contributed by atoms with Crippen LogP contribution in [0.15, 0.2) is 42.2 Å². The van der Waals surface area contributed by atoms with Gasteiger partial charge in [0.15, 0.2) is 5.13 Å². The van der Waals surface area contributed by atoms with Crippen molar-refractivity contribution in [1.82, 2.24) is 15.0 Å². The quantitative estimate of drug-likeness (QED) is 0.447. The van der Waals surface area contributed by atoms with Gasteiger partial charge in [0.1, 0.15) is 11.6 Å². The van der Waals surface area contributed by atoms with E-state index in [9.17, 15) is 22.0 Å². The first-order valence-corrected chi connectivity index (χ1v) is 12.6. The molecule has 0 aliphatic heterocycles. The molecule has 3 aromatic heterocycles. The van der Waals surface area contributed by atoms with Crippen LogP contribution in [0.1, 0.15) is 32.4 Å². The average Bonchev–Trinajstić information content (AvgIpc) is 3.54. The minimum atomic E-state index is -3.44. The molecule has 0 aromatic carbocycles. The number of anilines is 2. The highest BCUT2D eigenvalue weighted by molar-refractivity contribution is 7.93. The van der Waals surface area contributed by atoms with Gasteiger partial charge >= 0.3 is 6.61 Å². The fraction of sp³-hybridized carbons (Fsp3) is 0.333. The molecule has 180 valence electrons. The third-order valence-electron chi connectivity index (χ3n) is 5.18. The van der Waals surface area contributed by atoms with Gasteiger partial charge < -0.3 is 10.1 Å². The number of carbonyl (C=O) groups excluding carboxylic acids is 1. The lowest BCUT2D eigenvalue weighted by molar-refractivity contribution is -0.120. The number of halogens is 2. The SMILES string of the molecule is CC(C)(C(=O)Nc1ccc(-c2cncc(OC(F)F)c2)cn1)c1csc(NS(=O)(=O)C2CC2)n1. The van der Waals surface area contributed by atoms with Gasteiger partial charge in [-0.1, -0.05) is 0 Å². The van der Waals surface area contributed by atoms with Crippen LogP contribution in [0.5, 0.6) is 5.75 Å². The van der Waals surface area contributed by atoms with Crippen molar-refractivity contribution < 1.29 is 26.7 Å². The second-order valence-corrected chi connectivity index (χ2v) is 11.0. The summed E-state index contributed by atoms with van der Waals surface area (Å²) in [6.45, 7) is 0.388. The van der Waals surface area contributed by atoms with Gasteiger partial charge in [0.25, 0.3) is 0 Å². The largest absolute Gasteiger partial charge is 0.433 e. The third-order valence-corrected chi connectivity index (χ3v) is 7.90. The van der Waals surface area contributed by atoms with Gasteiger partial charge in [-0.15, -0.1) is 11.3 Å². The minimum Gasteiger partial charge on any atom is -0.433 e. The fourth-order valence-electron chi connectivity index (χ4n) is 2.96. The monoisotopic (exact) mass is 509 g/mol. The Kier molecular flexibility index (Phi) is 6.49. The number of rotatable bonds is 9. The number of sulfonamides is 1. The summed E-state index contributed by atoms with van der Waals surface area (Å²) in [4.78, 5) is 25.3. The summed E-state index contributed by atoms with van der Waals surface area (Å²) in [5.41, 5.74) is 0.469. The maximum atomic E-state index is 12.9. The number of alkyl halides is 2. The predicted molar refractivity (Wildman–Crippen MR) is 123 cm³/mol. The van der Waals surface area contributed by atoms with E-state index in [1.165, 1.54) is 24.7 Å². The molecule has 1 amide bonds. The van der Waals surface area contributed by atoms with Crippen molar-refractivity contribution in [3.63, 3.8) is 0 Å². The van der Waals surface area contributed by atoms with Crippen LogP contribution in [0.4, 0.5) is 19.7 Å². The highest BCUT2D eigenvalue weighted by Crippen LogP contribution is 2.33. The zero-order valence-electron chi connectivity index (χ0n) is 18.2. The van der Waals surface area contributed by atoms with Gasteiger partial charge in [-0.05, 0) is 44.9 Å². The molecule has 34 heavy (non-hydrogen) atoms. The Morgan fingerprint density at radius 2 is 1.97 bits per heavy atom. The number of nitrogens with one attached hydrogen (secondary N) is 2. The van der Waals surface area contributed by atoms with Gasteiger partial charge in [0.05, 0.1) is 22.6 Å². The summed E-state index contributed by atoms with van der Waals surface area (Å²) >= 11 is 1.12. The van der Waals surface area contributed by atoms with Crippen LogP contribution in [-0.4, -0.2) is 41.1 Å². The zero-order valence-corrected chi connectivity index (χ0v) is 19.8. The van der Waals surface area contributed by atoms with Crippen LogP contribution in [0.2, 0.25) is 0 Å². The number of hydrogen-bond acceptors (Lipinski definition) is 8. The van der Waals surface area contributed by atoms with Gasteiger partial charge in [-0.3, -0.25) is 14.5 Å². The van der Waals surface area contributed by atoms with Crippen LogP contribution < -0.4 is 14.8 Å². The summed E-state index contributed by atoms with van der Waals surface area (Å²) in [6.07, 6.45) is 5.41. The Morgan fingerprint density at radius 3 is 2.62 bits per heavy atom. The van der Waals surface area contributed by atoms with Crippen LogP contribution in [0.3, 0.4) is 0 Å². The summed E-state index contributed by atoms with van der Waals surface area (Å²) in [7, 11) is -3.44. The first kappa shape index (κ1) is 24.0. The molecule has 0 radical (unpaired) electrons. The minimum absolute atomic E-state index is 0.0753. The lowest BCUT2D eigenvalue weighted by Crippen LogP contribution is -2.35. The van der Waals surface area contributed by atoms with Gasteiger partial charge in [-0.25, -0.2) is 18.4 Å². The van der Waals surface area contributed by atoms with Crippen molar-refractivity contribution in [1.29, 1.82) is 0 Å². The van der Waals surface area contributed by atoms with Crippen LogP contribution in [0, 0.1) is 0 Å². The van der Waals surface area contributed by atoms with E-state index in [-0.39, 0.29) is 27.9 Å². The number of nitrogens with zero attached hydrogens (tertiary/aromatic N) is 3. The molecular formula is C21H21F2N5O4S2. The van der Waals surface area contributed by atoms with E-state index in [4.69, 9.17) is 0 Å². The second-order valence-electron chi connectivity index (χ2n) is 8.18. The Morgan fingerprint density at radius 1 is 1.21 bits per heavy atom. The van der Waals surface area contributed by atoms with E-state index in [0.29, 0.717) is 29.7 Å². The smallest absolute Gasteiger partial charge is 0.387 e. The Labute approximate surface area is 198 Å². The number of aromatic nitrogens is 3. The second kappa shape index (κ2) is 9.22. The van der Waals surface area contributed by atoms with Crippen LogP contribution in [-0.2, 0) is 20.2 Å². The van der Waals surface area contributed by atoms with E-state index in [1.54, 1.807) is 31.4 Å². The summed E-state index contributed by atoms with van der Waals surface area (Å²) < 4.78 is 55.9. The lowest BCUT2D eigenvalue weighted by Gasteiger charge is -2.21. The van der Waals surface area contributed by atoms with E-state index in [2.05, 4.69) is 29.7 Å². The van der Waals surface area contributed by atoms with Crippen molar-refractivity contribution in [2.75, 3.05) is 10.0 Å². The Bertz CT molecular complexity index is 1290. The zero-order chi connectivity index (χ0) is 24.5. The predicted octanol–water partition coefficient (Wildman–Crippen LogP) is 4.02. The summed E-state index contributed by atoms with van der Waals surface area (Å²) in [6, 6.07) is 4.64. The molecule has 3 heterocycles. The molecular weight excluding hydrogens is 488 g/mol. The highest BCUT2D eigenvalue weighted by atomic mass is 32.2. The first-order valence-electron chi connectivity index (χ1n) is 10.2. The number of hydrogen-bond donors (Lipinski definition) is 2. The molecule has 2 N–H and O–H groups in total. The maximum Gasteiger partial charge on any atom is 0.387 e. The molecule has 0 atom stereocenters. The molecule has 0 spiro atoms. The average molecular weight is 510 g/mol. The standard InChI is InChI=1S/C21H21F2N5O4S2/c1-21(2,16-11-33-20(26-16)28-34(30,31)15-4-5-15)18(29)27-17-6-3-12(9-25-17)13-7-14(10-24-8-13)32-19(22)23/h3,6-11,15,19H,4-5H2,1-2H3,(H,26,28)(H,25,27,29). The van der Waals surface area contributed by atoms with Crippen molar-refractivity contribution in [3.8, 4) is 16.9 Å². The summed E-state index contributed by atoms with van der Waals surface area (Å²) in [5, 5.41) is 4.20. The fourth-order valence-corrected chi connectivity index (χ4v) is 5.44. The topological polar surface area (TPSA) is 123 Å². The maximum absolute atomic E-state index is 12.9. The molecule has 9 nitrogen and oxygen atoms in total. The first-order chi connectivity index (χ1) is 16.0. The summed E-state index contributed by atoms with van der Waals surface area (Å²) in [5.74, 6) is -0.183. The van der Waals surface area contributed by atoms with Crippen molar-refractivity contribution >= 4 is 38.2 Å². The number of pyridine rings is 2. The number of ether oxygens (including phenoxy) is 1. The Hall–Kier alpha value is -3.19. The van der Waals surface area contributed by atoms with Crippen LogP contribution in [0.25, 0.3) is 11.1 Å². The van der Waals surface area contributed by atoms with E-state index >= 15 is 0 Å². The van der Waals surface area contributed by atoms with E-state index in [0.717, 1.165) is 11.3 Å². The molecule has 3 aromatic rings. The van der Waals surface area contributed by atoms with Crippen LogP contribution >= 0.6 is 11.3 Å². The van der Waals surface area contributed by atoms with Gasteiger partial charge in [-0.2, -0.15) is 8.78 Å². The van der Waals surface area contributed by atoms with E-state index < -0.39 is 22.0 Å². The van der Waals surface area contributed by atoms with E-state index in [1.807, 2.05) is 0 Å². The molecule has 1 aliphatic carbocycles.